The number of aromatic nitrogens is 1. The fourth-order valence-corrected chi connectivity index (χ4v) is 2.91. The van der Waals surface area contributed by atoms with Gasteiger partial charge in [0.15, 0.2) is 0 Å². The first-order chi connectivity index (χ1) is 9.38. The number of aryl methyl sites for hydroxylation is 1. The van der Waals surface area contributed by atoms with E-state index < -0.39 is 5.97 Å². The number of carbonyl (C=O) groups is 2. The summed E-state index contributed by atoms with van der Waals surface area (Å²) in [6.45, 7) is 7.65. The maximum absolute atomic E-state index is 11.9. The van der Waals surface area contributed by atoms with E-state index in [4.69, 9.17) is 5.11 Å². The Hall–Kier alpha value is -1.43. The third-order valence-corrected chi connectivity index (χ3v) is 4.71. The van der Waals surface area contributed by atoms with Crippen LogP contribution in [0.5, 0.6) is 0 Å². The number of rotatable bonds is 7. The zero-order valence-corrected chi connectivity index (χ0v) is 13.2. The van der Waals surface area contributed by atoms with Crippen LogP contribution in [0, 0.1) is 12.8 Å². The van der Waals surface area contributed by atoms with E-state index in [1.165, 1.54) is 0 Å². The second kappa shape index (κ2) is 7.38. The number of carboxylic acid groups (broad SMARTS) is 1. The monoisotopic (exact) mass is 298 g/mol. The van der Waals surface area contributed by atoms with Crippen LogP contribution in [0.3, 0.4) is 0 Å². The van der Waals surface area contributed by atoms with Gasteiger partial charge in [0.2, 0.25) is 5.91 Å². The van der Waals surface area contributed by atoms with Crippen molar-refractivity contribution in [1.82, 2.24) is 10.3 Å². The molecule has 1 aromatic heterocycles. The van der Waals surface area contributed by atoms with Crippen molar-refractivity contribution in [2.24, 2.45) is 5.92 Å². The van der Waals surface area contributed by atoms with Gasteiger partial charge < -0.3 is 10.4 Å². The first kappa shape index (κ1) is 16.6. The van der Waals surface area contributed by atoms with Crippen molar-refractivity contribution in [2.75, 3.05) is 0 Å². The summed E-state index contributed by atoms with van der Waals surface area (Å²) in [6.07, 6.45) is 2.48. The standard InChI is InChI=1S/C14H22N2O3S/c1-5-10(6-2)7-11(17)15-9(4)13-16-8(3)12(20-13)14(18)19/h9-10H,5-7H2,1-4H3,(H,15,17)(H,18,19). The summed E-state index contributed by atoms with van der Waals surface area (Å²) in [5.74, 6) is -0.576. The zero-order valence-electron chi connectivity index (χ0n) is 12.4. The Balaban J connectivity index is 2.66. The normalized spacial score (nSPS) is 12.4. The van der Waals surface area contributed by atoms with E-state index in [9.17, 15) is 9.59 Å². The molecule has 1 atom stereocenters. The van der Waals surface area contributed by atoms with Gasteiger partial charge >= 0.3 is 5.97 Å². The molecule has 1 heterocycles. The molecule has 0 saturated carbocycles. The lowest BCUT2D eigenvalue weighted by Gasteiger charge is -2.15. The third-order valence-electron chi connectivity index (χ3n) is 3.38. The molecule has 0 aliphatic carbocycles. The topological polar surface area (TPSA) is 79.3 Å². The molecule has 1 rings (SSSR count). The largest absolute Gasteiger partial charge is 0.477 e. The highest BCUT2D eigenvalue weighted by atomic mass is 32.1. The van der Waals surface area contributed by atoms with Crippen LogP contribution in [0.4, 0.5) is 0 Å². The number of nitrogens with one attached hydrogen (secondary N) is 1. The molecule has 0 radical (unpaired) electrons. The number of nitrogens with zero attached hydrogens (tertiary/aromatic N) is 1. The lowest BCUT2D eigenvalue weighted by molar-refractivity contribution is -0.122. The first-order valence-electron chi connectivity index (χ1n) is 6.88. The molecule has 112 valence electrons. The zero-order chi connectivity index (χ0) is 15.3. The fourth-order valence-electron chi connectivity index (χ4n) is 2.00. The maximum Gasteiger partial charge on any atom is 0.347 e. The predicted molar refractivity (Wildman–Crippen MR) is 79.1 cm³/mol. The lowest BCUT2D eigenvalue weighted by atomic mass is 9.99. The summed E-state index contributed by atoms with van der Waals surface area (Å²) in [5.41, 5.74) is 0.499. The van der Waals surface area contributed by atoms with E-state index in [0.29, 0.717) is 23.0 Å². The van der Waals surface area contributed by atoms with Crippen LogP contribution in [-0.4, -0.2) is 22.0 Å². The summed E-state index contributed by atoms with van der Waals surface area (Å²) in [7, 11) is 0. The van der Waals surface area contributed by atoms with Gasteiger partial charge in [-0.15, -0.1) is 11.3 Å². The highest BCUT2D eigenvalue weighted by molar-refractivity contribution is 7.13. The Morgan fingerprint density at radius 2 is 1.95 bits per heavy atom. The minimum atomic E-state index is -0.971. The van der Waals surface area contributed by atoms with E-state index in [0.717, 1.165) is 24.2 Å². The molecule has 0 saturated heterocycles. The summed E-state index contributed by atoms with van der Waals surface area (Å²) < 4.78 is 0. The van der Waals surface area contributed by atoms with Gasteiger partial charge in [0.25, 0.3) is 0 Å². The van der Waals surface area contributed by atoms with E-state index in [-0.39, 0.29) is 16.8 Å². The number of aromatic carboxylic acids is 1. The van der Waals surface area contributed by atoms with E-state index in [1.54, 1.807) is 6.92 Å². The fraction of sp³-hybridized carbons (Fsp3) is 0.643. The highest BCUT2D eigenvalue weighted by Gasteiger charge is 2.20. The van der Waals surface area contributed by atoms with Gasteiger partial charge in [0.05, 0.1) is 11.7 Å². The van der Waals surface area contributed by atoms with Crippen LogP contribution in [0.15, 0.2) is 0 Å². The Bertz CT molecular complexity index is 481. The average molecular weight is 298 g/mol. The summed E-state index contributed by atoms with van der Waals surface area (Å²) >= 11 is 1.12. The van der Waals surface area contributed by atoms with Crippen LogP contribution in [0.25, 0.3) is 0 Å². The third kappa shape index (κ3) is 4.30. The van der Waals surface area contributed by atoms with Crippen molar-refractivity contribution in [2.45, 2.75) is 53.0 Å². The molecule has 0 aliphatic heterocycles. The van der Waals surface area contributed by atoms with Crippen molar-refractivity contribution in [3.63, 3.8) is 0 Å². The number of hydrogen-bond acceptors (Lipinski definition) is 4. The van der Waals surface area contributed by atoms with Gasteiger partial charge in [-0.2, -0.15) is 0 Å². The second-order valence-electron chi connectivity index (χ2n) is 4.95. The van der Waals surface area contributed by atoms with Crippen LogP contribution >= 0.6 is 11.3 Å². The SMILES string of the molecule is CCC(CC)CC(=O)NC(C)c1nc(C)c(C(=O)O)s1. The molecule has 0 aliphatic rings. The van der Waals surface area contributed by atoms with Gasteiger partial charge in [-0.25, -0.2) is 9.78 Å². The van der Waals surface area contributed by atoms with E-state index in [2.05, 4.69) is 24.1 Å². The molecule has 6 heteroatoms. The Labute approximate surface area is 123 Å². The first-order valence-corrected chi connectivity index (χ1v) is 7.70. The summed E-state index contributed by atoms with van der Waals surface area (Å²) in [6, 6.07) is -0.256. The molecule has 20 heavy (non-hydrogen) atoms. The maximum atomic E-state index is 11.9. The Morgan fingerprint density at radius 1 is 1.35 bits per heavy atom. The number of thiazole rings is 1. The number of carboxylic acids is 1. The Kier molecular flexibility index (Phi) is 6.13. The highest BCUT2D eigenvalue weighted by Crippen LogP contribution is 2.24. The van der Waals surface area contributed by atoms with Gasteiger partial charge in [0, 0.05) is 6.42 Å². The summed E-state index contributed by atoms with van der Waals surface area (Å²) in [5, 5.41) is 12.5. The smallest absolute Gasteiger partial charge is 0.347 e. The molecular formula is C14H22N2O3S. The van der Waals surface area contributed by atoms with Crippen LogP contribution in [0.1, 0.15) is 66.4 Å². The molecule has 5 nitrogen and oxygen atoms in total. The number of carbonyl (C=O) groups excluding carboxylic acids is 1. The quantitative estimate of drug-likeness (QED) is 0.810. The predicted octanol–water partition coefficient (Wildman–Crippen LogP) is 3.15. The van der Waals surface area contributed by atoms with Gasteiger partial charge in [0.1, 0.15) is 9.88 Å². The average Bonchev–Trinajstić information content (AvgIpc) is 2.78. The van der Waals surface area contributed by atoms with E-state index in [1.807, 2.05) is 6.92 Å². The van der Waals surface area contributed by atoms with Crippen LogP contribution in [-0.2, 0) is 4.79 Å². The molecule has 0 bridgehead atoms. The van der Waals surface area contributed by atoms with Gasteiger partial charge in [-0.3, -0.25) is 4.79 Å². The molecule has 1 unspecified atom stereocenters. The summed E-state index contributed by atoms with van der Waals surface area (Å²) in [4.78, 5) is 27.4. The molecule has 0 fully saturated rings. The van der Waals surface area contributed by atoms with Crippen molar-refractivity contribution in [3.05, 3.63) is 15.6 Å². The molecule has 2 N–H and O–H groups in total. The number of amides is 1. The molecule has 0 spiro atoms. The minimum absolute atomic E-state index is 0.00377. The molecule has 0 aromatic carbocycles. The van der Waals surface area contributed by atoms with Crippen molar-refractivity contribution in [1.29, 1.82) is 0 Å². The van der Waals surface area contributed by atoms with Crippen LogP contribution < -0.4 is 5.32 Å². The van der Waals surface area contributed by atoms with Gasteiger partial charge in [-0.05, 0) is 19.8 Å². The van der Waals surface area contributed by atoms with Crippen molar-refractivity contribution in [3.8, 4) is 0 Å². The van der Waals surface area contributed by atoms with Gasteiger partial charge in [-0.1, -0.05) is 26.7 Å². The lowest BCUT2D eigenvalue weighted by Crippen LogP contribution is -2.28. The van der Waals surface area contributed by atoms with Crippen molar-refractivity contribution >= 4 is 23.2 Å². The molecule has 1 amide bonds. The second-order valence-corrected chi connectivity index (χ2v) is 5.98. The van der Waals surface area contributed by atoms with Crippen molar-refractivity contribution < 1.29 is 14.7 Å². The molecule has 1 aromatic rings. The minimum Gasteiger partial charge on any atom is -0.477 e. The van der Waals surface area contributed by atoms with E-state index >= 15 is 0 Å². The molecular weight excluding hydrogens is 276 g/mol. The van der Waals surface area contributed by atoms with Crippen LogP contribution in [0.2, 0.25) is 0 Å². The Morgan fingerprint density at radius 3 is 2.40 bits per heavy atom. The number of hydrogen-bond donors (Lipinski definition) is 2.